The summed E-state index contributed by atoms with van der Waals surface area (Å²) in [6.07, 6.45) is 6.51. The maximum atomic E-state index is 12.7. The van der Waals surface area contributed by atoms with Crippen LogP contribution in [0.5, 0.6) is 0 Å². The fraction of sp³-hybridized carbons (Fsp3) is 0.667. The van der Waals surface area contributed by atoms with Crippen molar-refractivity contribution >= 4 is 15.9 Å². The van der Waals surface area contributed by atoms with Crippen molar-refractivity contribution in [2.75, 3.05) is 20.1 Å². The Kier molecular flexibility index (Phi) is 4.03. The van der Waals surface area contributed by atoms with Gasteiger partial charge in [0.1, 0.15) is 10.6 Å². The fourth-order valence-corrected chi connectivity index (χ4v) is 4.54. The van der Waals surface area contributed by atoms with Crippen molar-refractivity contribution in [3.8, 4) is 0 Å². The molecule has 0 spiro atoms. The predicted molar refractivity (Wildman–Crippen MR) is 83.1 cm³/mol. The van der Waals surface area contributed by atoms with E-state index in [9.17, 15) is 13.2 Å². The molecule has 1 aliphatic heterocycles. The normalized spacial score (nSPS) is 20.1. The summed E-state index contributed by atoms with van der Waals surface area (Å²) in [4.78, 5) is 14.4. The van der Waals surface area contributed by atoms with Gasteiger partial charge in [-0.3, -0.25) is 4.79 Å². The van der Waals surface area contributed by atoms with Gasteiger partial charge in [0.2, 0.25) is 10.0 Å². The maximum Gasteiger partial charge on any atom is 0.270 e. The molecule has 0 radical (unpaired) electrons. The molecule has 1 aliphatic carbocycles. The highest BCUT2D eigenvalue weighted by Crippen LogP contribution is 2.28. The molecule has 7 heteroatoms. The first-order chi connectivity index (χ1) is 10.4. The smallest absolute Gasteiger partial charge is 0.270 e. The van der Waals surface area contributed by atoms with Gasteiger partial charge in [0.05, 0.1) is 0 Å². The molecule has 1 saturated heterocycles. The molecule has 1 aromatic rings. The fourth-order valence-electron chi connectivity index (χ4n) is 2.95. The van der Waals surface area contributed by atoms with E-state index in [1.165, 1.54) is 10.4 Å². The van der Waals surface area contributed by atoms with Gasteiger partial charge in [0, 0.05) is 39.4 Å². The number of carbonyl (C=O) groups excluding carboxylic acids is 1. The van der Waals surface area contributed by atoms with E-state index in [-0.39, 0.29) is 10.8 Å². The Labute approximate surface area is 131 Å². The van der Waals surface area contributed by atoms with Gasteiger partial charge in [-0.2, -0.15) is 4.31 Å². The molecule has 2 fully saturated rings. The van der Waals surface area contributed by atoms with Crippen molar-refractivity contribution in [1.82, 2.24) is 13.8 Å². The molecule has 0 aromatic carbocycles. The summed E-state index contributed by atoms with van der Waals surface area (Å²) in [5.74, 6) is -0.106. The Morgan fingerprint density at radius 1 is 1.23 bits per heavy atom. The minimum atomic E-state index is -3.49. The van der Waals surface area contributed by atoms with Crippen molar-refractivity contribution < 1.29 is 13.2 Å². The molecule has 0 atom stereocenters. The van der Waals surface area contributed by atoms with Crippen LogP contribution in [0.1, 0.15) is 42.6 Å². The van der Waals surface area contributed by atoms with E-state index in [1.807, 2.05) is 0 Å². The molecule has 0 unspecified atom stereocenters. The number of amides is 1. The number of aryl methyl sites for hydroxylation is 1. The van der Waals surface area contributed by atoms with E-state index in [0.29, 0.717) is 24.8 Å². The number of rotatable bonds is 4. The lowest BCUT2D eigenvalue weighted by Crippen LogP contribution is -2.35. The molecule has 1 aromatic heterocycles. The molecule has 6 nitrogen and oxygen atoms in total. The van der Waals surface area contributed by atoms with Crippen LogP contribution in [0.4, 0.5) is 0 Å². The Morgan fingerprint density at radius 2 is 1.86 bits per heavy atom. The topological polar surface area (TPSA) is 62.6 Å². The van der Waals surface area contributed by atoms with Gasteiger partial charge in [-0.05, 0) is 31.7 Å². The summed E-state index contributed by atoms with van der Waals surface area (Å²) in [7, 11) is 0.0231. The Morgan fingerprint density at radius 3 is 2.45 bits per heavy atom. The zero-order valence-corrected chi connectivity index (χ0v) is 14.0. The summed E-state index contributed by atoms with van der Waals surface area (Å²) in [6.45, 7) is 1.14. The lowest BCUT2D eigenvalue weighted by atomic mass is 10.2. The van der Waals surface area contributed by atoms with Crippen LogP contribution in [-0.4, -0.2) is 54.3 Å². The van der Waals surface area contributed by atoms with Crippen LogP contribution in [0.25, 0.3) is 0 Å². The van der Waals surface area contributed by atoms with Gasteiger partial charge in [0.15, 0.2) is 0 Å². The van der Waals surface area contributed by atoms with E-state index < -0.39 is 10.0 Å². The molecular weight excluding hydrogens is 302 g/mol. The van der Waals surface area contributed by atoms with E-state index in [1.54, 1.807) is 29.8 Å². The average Bonchev–Trinajstić information content (AvgIpc) is 3.29. The number of hydrogen-bond acceptors (Lipinski definition) is 3. The number of sulfonamides is 1. The lowest BCUT2D eigenvalue weighted by Gasteiger charge is -2.25. The highest BCUT2D eigenvalue weighted by molar-refractivity contribution is 7.89. The Bertz CT molecular complexity index is 670. The van der Waals surface area contributed by atoms with Crippen molar-refractivity contribution in [3.05, 3.63) is 18.0 Å². The van der Waals surface area contributed by atoms with Crippen LogP contribution in [0.2, 0.25) is 0 Å². The third-order valence-corrected chi connectivity index (χ3v) is 6.43. The van der Waals surface area contributed by atoms with Crippen LogP contribution in [0.15, 0.2) is 17.2 Å². The number of nitrogens with zero attached hydrogens (tertiary/aromatic N) is 3. The number of piperidine rings is 1. The molecule has 22 heavy (non-hydrogen) atoms. The standard InChI is InChI=1S/C15H23N3O3S/c1-16-11-13(22(20,21)18-8-4-3-5-9-18)10-14(16)15(19)17(2)12-6-7-12/h10-12H,3-9H2,1-2H3. The second kappa shape index (κ2) is 5.70. The second-order valence-corrected chi connectivity index (χ2v) is 8.22. The van der Waals surface area contributed by atoms with Gasteiger partial charge < -0.3 is 9.47 Å². The van der Waals surface area contributed by atoms with Gasteiger partial charge in [-0.15, -0.1) is 0 Å². The number of carbonyl (C=O) groups is 1. The van der Waals surface area contributed by atoms with Gasteiger partial charge in [0.25, 0.3) is 5.91 Å². The summed E-state index contributed by atoms with van der Waals surface area (Å²) in [6, 6.07) is 1.83. The van der Waals surface area contributed by atoms with Gasteiger partial charge in [-0.25, -0.2) is 8.42 Å². The monoisotopic (exact) mass is 325 g/mol. The third-order valence-electron chi connectivity index (χ3n) is 4.57. The zero-order valence-electron chi connectivity index (χ0n) is 13.2. The molecular formula is C15H23N3O3S. The molecule has 3 rings (SSSR count). The molecule has 1 amide bonds. The zero-order chi connectivity index (χ0) is 15.9. The van der Waals surface area contributed by atoms with E-state index >= 15 is 0 Å². The number of hydrogen-bond donors (Lipinski definition) is 0. The van der Waals surface area contributed by atoms with E-state index in [0.717, 1.165) is 32.1 Å². The quantitative estimate of drug-likeness (QED) is 0.841. The average molecular weight is 325 g/mol. The van der Waals surface area contributed by atoms with Crippen molar-refractivity contribution in [2.45, 2.75) is 43.0 Å². The van der Waals surface area contributed by atoms with Crippen LogP contribution in [0.3, 0.4) is 0 Å². The maximum absolute atomic E-state index is 12.7. The highest BCUT2D eigenvalue weighted by atomic mass is 32.2. The van der Waals surface area contributed by atoms with Crippen LogP contribution < -0.4 is 0 Å². The van der Waals surface area contributed by atoms with Crippen molar-refractivity contribution in [1.29, 1.82) is 0 Å². The van der Waals surface area contributed by atoms with Gasteiger partial charge >= 0.3 is 0 Å². The molecule has 0 bridgehead atoms. The molecule has 1 saturated carbocycles. The predicted octanol–water partition coefficient (Wildman–Crippen LogP) is 1.43. The van der Waals surface area contributed by atoms with E-state index in [4.69, 9.17) is 0 Å². The van der Waals surface area contributed by atoms with E-state index in [2.05, 4.69) is 0 Å². The minimum Gasteiger partial charge on any atom is -0.345 e. The van der Waals surface area contributed by atoms with Crippen LogP contribution in [-0.2, 0) is 17.1 Å². The minimum absolute atomic E-state index is 0.106. The largest absolute Gasteiger partial charge is 0.345 e. The summed E-state index contributed by atoms with van der Waals surface area (Å²) in [5, 5.41) is 0. The summed E-state index contributed by atoms with van der Waals surface area (Å²) < 4.78 is 28.5. The highest BCUT2D eigenvalue weighted by Gasteiger charge is 2.33. The summed E-state index contributed by atoms with van der Waals surface area (Å²) in [5.41, 5.74) is 0.435. The first-order valence-electron chi connectivity index (χ1n) is 7.85. The van der Waals surface area contributed by atoms with Crippen LogP contribution in [0, 0.1) is 0 Å². The molecule has 122 valence electrons. The number of aromatic nitrogens is 1. The second-order valence-electron chi connectivity index (χ2n) is 6.28. The molecule has 0 N–H and O–H groups in total. The summed E-state index contributed by atoms with van der Waals surface area (Å²) >= 11 is 0. The van der Waals surface area contributed by atoms with Crippen molar-refractivity contribution in [3.63, 3.8) is 0 Å². The lowest BCUT2D eigenvalue weighted by molar-refractivity contribution is 0.0775. The van der Waals surface area contributed by atoms with Crippen LogP contribution >= 0.6 is 0 Å². The SMILES string of the molecule is CN(C(=O)c1cc(S(=O)(=O)N2CCCCC2)cn1C)C1CC1. The molecule has 2 heterocycles. The molecule has 2 aliphatic rings. The third kappa shape index (κ3) is 2.79. The first kappa shape index (κ1) is 15.6. The Balaban J connectivity index is 1.86. The Hall–Kier alpha value is -1.34. The first-order valence-corrected chi connectivity index (χ1v) is 9.29. The van der Waals surface area contributed by atoms with Gasteiger partial charge in [-0.1, -0.05) is 6.42 Å². The van der Waals surface area contributed by atoms with Crippen molar-refractivity contribution in [2.24, 2.45) is 7.05 Å².